The quantitative estimate of drug-likeness (QED) is 0.354. The minimum absolute atomic E-state index is 0.196. The summed E-state index contributed by atoms with van der Waals surface area (Å²) in [5.41, 5.74) is 0.573. The van der Waals surface area contributed by atoms with E-state index in [1.54, 1.807) is 18.2 Å². The first-order chi connectivity index (χ1) is 17.5. The number of hydrogen-bond acceptors (Lipinski definition) is 7. The number of nitrogens with one attached hydrogen (secondary N) is 2. The monoisotopic (exact) mass is 487 g/mol. The van der Waals surface area contributed by atoms with Crippen molar-refractivity contribution in [2.75, 3.05) is 0 Å². The lowest BCUT2D eigenvalue weighted by Gasteiger charge is -2.01. The van der Waals surface area contributed by atoms with Crippen LogP contribution in [0.5, 0.6) is 0 Å². The first kappa shape index (κ1) is 22.5. The van der Waals surface area contributed by atoms with E-state index >= 15 is 0 Å². The summed E-state index contributed by atoms with van der Waals surface area (Å²) in [6, 6.07) is 15.9. The molecule has 5 rings (SSSR count). The molecule has 0 saturated carbocycles. The average Bonchev–Trinajstić information content (AvgIpc) is 3.44. The lowest BCUT2D eigenvalue weighted by atomic mass is 10.2. The number of aromatic nitrogens is 7. The highest BCUT2D eigenvalue weighted by Crippen LogP contribution is 2.16. The third-order valence-electron chi connectivity index (χ3n) is 4.91. The molecule has 13 heteroatoms. The Hall–Kier alpha value is -5.33. The van der Waals surface area contributed by atoms with Gasteiger partial charge in [0.15, 0.2) is 11.6 Å². The molecule has 0 atom stereocenters. The third-order valence-corrected chi connectivity index (χ3v) is 4.91. The van der Waals surface area contributed by atoms with E-state index in [9.17, 15) is 18.4 Å². The van der Waals surface area contributed by atoms with Crippen LogP contribution in [-0.4, -0.2) is 47.2 Å². The molecule has 0 aliphatic rings. The lowest BCUT2D eigenvalue weighted by Crippen LogP contribution is -2.14. The second-order valence-corrected chi connectivity index (χ2v) is 7.32. The van der Waals surface area contributed by atoms with Crippen LogP contribution in [0.25, 0.3) is 22.8 Å². The van der Waals surface area contributed by atoms with E-state index in [0.717, 1.165) is 9.35 Å². The fourth-order valence-corrected chi connectivity index (χ4v) is 3.22. The minimum atomic E-state index is -0.587. The van der Waals surface area contributed by atoms with Gasteiger partial charge in [-0.15, -0.1) is 0 Å². The van der Waals surface area contributed by atoms with Gasteiger partial charge in [0.1, 0.15) is 11.6 Å². The van der Waals surface area contributed by atoms with Gasteiger partial charge in [-0.1, -0.05) is 6.07 Å². The summed E-state index contributed by atoms with van der Waals surface area (Å²) in [4.78, 5) is 28.7. The fourth-order valence-electron chi connectivity index (χ4n) is 3.22. The Balaban J connectivity index is 1.41. The second kappa shape index (κ2) is 9.50. The molecule has 3 aromatic heterocycles. The van der Waals surface area contributed by atoms with Crippen molar-refractivity contribution in [2.24, 2.45) is 10.2 Å². The Morgan fingerprint density at radius 1 is 0.667 bits per heavy atom. The predicted molar refractivity (Wildman–Crippen MR) is 127 cm³/mol. The molecule has 0 amide bonds. The first-order valence-electron chi connectivity index (χ1n) is 10.4. The number of aromatic amines is 2. The van der Waals surface area contributed by atoms with Gasteiger partial charge in [-0.25, -0.2) is 33.6 Å². The van der Waals surface area contributed by atoms with Crippen LogP contribution in [0, 0.1) is 11.6 Å². The Morgan fingerprint density at radius 2 is 1.08 bits per heavy atom. The van der Waals surface area contributed by atoms with Crippen LogP contribution in [0.3, 0.4) is 0 Å². The summed E-state index contributed by atoms with van der Waals surface area (Å²) in [6.45, 7) is 0. The van der Waals surface area contributed by atoms with Crippen LogP contribution in [-0.2, 0) is 0 Å². The first-order valence-corrected chi connectivity index (χ1v) is 10.4. The number of H-pyrrole nitrogens is 2. The molecule has 5 aromatic rings. The maximum atomic E-state index is 13.2. The number of hydrogen-bond donors (Lipinski definition) is 2. The highest BCUT2D eigenvalue weighted by Gasteiger charge is 2.11. The van der Waals surface area contributed by atoms with E-state index in [4.69, 9.17) is 0 Å². The van der Waals surface area contributed by atoms with Crippen LogP contribution in [0.2, 0.25) is 0 Å². The zero-order chi connectivity index (χ0) is 25.1. The third kappa shape index (κ3) is 4.65. The van der Waals surface area contributed by atoms with Crippen molar-refractivity contribution < 1.29 is 8.78 Å². The summed E-state index contributed by atoms with van der Waals surface area (Å²) in [5.74, 6) is -0.447. The zero-order valence-corrected chi connectivity index (χ0v) is 18.2. The van der Waals surface area contributed by atoms with Gasteiger partial charge in [0.25, 0.3) is 0 Å². The molecule has 0 unspecified atom stereocenters. The van der Waals surface area contributed by atoms with Gasteiger partial charge in [0.2, 0.25) is 0 Å². The molecule has 0 saturated heterocycles. The van der Waals surface area contributed by atoms with E-state index in [-0.39, 0.29) is 11.6 Å². The van der Waals surface area contributed by atoms with Gasteiger partial charge in [0.05, 0.1) is 23.8 Å². The normalized spacial score (nSPS) is 11.6. The molecule has 11 nitrogen and oxygen atoms in total. The molecule has 0 spiro atoms. The van der Waals surface area contributed by atoms with Gasteiger partial charge in [-0.3, -0.25) is 0 Å². The summed E-state index contributed by atoms with van der Waals surface area (Å²) < 4.78 is 28.5. The van der Waals surface area contributed by atoms with Gasteiger partial charge in [-0.05, 0) is 60.7 Å². The molecule has 0 aliphatic carbocycles. The van der Waals surface area contributed by atoms with Crippen LogP contribution >= 0.6 is 0 Å². The highest BCUT2D eigenvalue weighted by molar-refractivity contribution is 5.81. The van der Waals surface area contributed by atoms with Gasteiger partial charge >= 0.3 is 11.4 Å². The summed E-state index contributed by atoms with van der Waals surface area (Å²) in [6.07, 6.45) is 2.69. The number of pyridine rings is 1. The van der Waals surface area contributed by atoms with Crippen molar-refractivity contribution in [2.45, 2.75) is 0 Å². The topological polar surface area (TPSA) is 139 Å². The predicted octanol–water partition coefficient (Wildman–Crippen LogP) is 2.23. The van der Waals surface area contributed by atoms with E-state index in [2.05, 4.69) is 35.6 Å². The summed E-state index contributed by atoms with van der Waals surface area (Å²) in [7, 11) is 0. The smallest absolute Gasteiger partial charge is 0.246 e. The Morgan fingerprint density at radius 3 is 1.50 bits per heavy atom. The Kier molecular flexibility index (Phi) is 5.93. The molecule has 2 aromatic carbocycles. The van der Waals surface area contributed by atoms with Crippen LogP contribution in [0.15, 0.2) is 86.5 Å². The molecule has 3 heterocycles. The molecular weight excluding hydrogens is 472 g/mol. The van der Waals surface area contributed by atoms with Crippen molar-refractivity contribution in [3.63, 3.8) is 0 Å². The molecule has 0 bridgehead atoms. The standard InChI is InChI=1S/C23H15F2N9O2/c24-16-8-4-14(5-9-16)20-29-31-22(35)33(20)26-12-18-2-1-3-19(28-18)13-27-34-21(30-32-23(34)36)15-6-10-17(25)11-7-15/h1-13H,(H,31,35)(H,32,36)/b26-12+,27-13+. The van der Waals surface area contributed by atoms with Crippen LogP contribution in [0.1, 0.15) is 11.4 Å². The molecule has 178 valence electrons. The minimum Gasteiger partial charge on any atom is -0.246 e. The number of benzene rings is 2. The van der Waals surface area contributed by atoms with Crippen molar-refractivity contribution in [1.29, 1.82) is 0 Å². The van der Waals surface area contributed by atoms with Crippen molar-refractivity contribution >= 4 is 12.4 Å². The second-order valence-electron chi connectivity index (χ2n) is 7.32. The Bertz CT molecular complexity index is 1570. The lowest BCUT2D eigenvalue weighted by molar-refractivity contribution is 0.627. The van der Waals surface area contributed by atoms with Gasteiger partial charge in [-0.2, -0.15) is 29.8 Å². The fraction of sp³-hybridized carbons (Fsp3) is 0. The summed E-state index contributed by atoms with van der Waals surface area (Å²) in [5, 5.41) is 20.8. The van der Waals surface area contributed by atoms with E-state index in [1.807, 2.05) is 0 Å². The zero-order valence-electron chi connectivity index (χ0n) is 18.2. The van der Waals surface area contributed by atoms with Crippen molar-refractivity contribution in [1.82, 2.24) is 34.7 Å². The van der Waals surface area contributed by atoms with Gasteiger partial charge < -0.3 is 0 Å². The Labute approximate surface area is 200 Å². The number of rotatable bonds is 6. The van der Waals surface area contributed by atoms with Crippen LogP contribution in [0.4, 0.5) is 8.78 Å². The van der Waals surface area contributed by atoms with Crippen molar-refractivity contribution in [3.05, 3.63) is 111 Å². The average molecular weight is 487 g/mol. The maximum absolute atomic E-state index is 13.2. The molecule has 36 heavy (non-hydrogen) atoms. The maximum Gasteiger partial charge on any atom is 0.364 e. The number of nitrogens with zero attached hydrogens (tertiary/aromatic N) is 7. The van der Waals surface area contributed by atoms with E-state index in [1.165, 1.54) is 61.0 Å². The van der Waals surface area contributed by atoms with Crippen LogP contribution < -0.4 is 11.4 Å². The molecule has 0 radical (unpaired) electrons. The molecule has 0 fully saturated rings. The van der Waals surface area contributed by atoms with Crippen molar-refractivity contribution in [3.8, 4) is 22.8 Å². The highest BCUT2D eigenvalue weighted by atomic mass is 19.1. The summed E-state index contributed by atoms with van der Waals surface area (Å²) >= 11 is 0. The molecule has 0 aliphatic heterocycles. The van der Waals surface area contributed by atoms with Gasteiger partial charge in [0, 0.05) is 11.1 Å². The SMILES string of the molecule is O=c1[nH]nc(-c2ccc(F)cc2)n1/N=C/c1cccc(/C=N/n2c(-c3ccc(F)cc3)n[nH]c2=O)n1. The van der Waals surface area contributed by atoms with E-state index < -0.39 is 23.0 Å². The molecular formula is C23H15F2N9O2. The largest absolute Gasteiger partial charge is 0.364 e. The molecule has 2 N–H and O–H groups in total. The van der Waals surface area contributed by atoms with E-state index in [0.29, 0.717) is 22.5 Å². The number of halogens is 2.